The summed E-state index contributed by atoms with van der Waals surface area (Å²) < 4.78 is 7.10. The molecule has 4 heterocycles. The van der Waals surface area contributed by atoms with Gasteiger partial charge >= 0.3 is 0 Å². The molecule has 1 saturated heterocycles. The summed E-state index contributed by atoms with van der Waals surface area (Å²) in [7, 11) is 1.66. The van der Waals surface area contributed by atoms with Crippen molar-refractivity contribution in [1.82, 2.24) is 29.7 Å². The van der Waals surface area contributed by atoms with Gasteiger partial charge in [0.1, 0.15) is 18.3 Å². The molecule has 5 rings (SSSR count). The number of aliphatic hydroxyl groups excluding tert-OH is 3. The molecule has 182 valence electrons. The Labute approximate surface area is 203 Å². The van der Waals surface area contributed by atoms with Gasteiger partial charge in [-0.05, 0) is 24.3 Å². The molecule has 1 aliphatic rings. The SMILES string of the molecule is CNc1nc(-c2n[nH]cc2N(C=O)c2ccc(Cl)cc2)nc2c1ncn2[C@@H]1O[C@H](CO)[C@@H](O)[C@H]1O. The number of aromatic amines is 1. The molecule has 1 aliphatic heterocycles. The van der Waals surface area contributed by atoms with Crippen LogP contribution >= 0.6 is 11.6 Å². The van der Waals surface area contributed by atoms with E-state index >= 15 is 0 Å². The van der Waals surface area contributed by atoms with Crippen molar-refractivity contribution < 1.29 is 24.9 Å². The molecule has 0 unspecified atom stereocenters. The minimum atomic E-state index is -1.32. The Balaban J connectivity index is 1.61. The number of hydrogen-bond donors (Lipinski definition) is 5. The zero-order chi connectivity index (χ0) is 24.7. The molecule has 5 N–H and O–H groups in total. The standard InChI is InChI=1S/C21H21ClN8O5/c1-23-18-15-20(29(8-24-15)21-17(34)16(33)13(7-31)35-21)27-19(26-18)14-12(6-25-28-14)30(9-32)11-4-2-10(22)3-5-11/h2-6,8-9,13,16-17,21,31,33-34H,7H2,1H3,(H,25,28)(H,23,26,27)/t13-,16-,17-,21-/m1/s1. The zero-order valence-electron chi connectivity index (χ0n) is 18.3. The van der Waals surface area contributed by atoms with E-state index in [1.54, 1.807) is 31.3 Å². The first-order chi connectivity index (χ1) is 17.0. The quantitative estimate of drug-likeness (QED) is 0.228. The Hall–Kier alpha value is -3.62. The van der Waals surface area contributed by atoms with Crippen molar-refractivity contribution in [3.63, 3.8) is 0 Å². The van der Waals surface area contributed by atoms with Crippen LogP contribution in [0.15, 0.2) is 36.8 Å². The lowest BCUT2D eigenvalue weighted by Crippen LogP contribution is -2.33. The topological polar surface area (TPSA) is 175 Å². The van der Waals surface area contributed by atoms with Crippen molar-refractivity contribution in [2.75, 3.05) is 23.9 Å². The molecule has 3 aromatic heterocycles. The van der Waals surface area contributed by atoms with Gasteiger partial charge in [-0.1, -0.05) is 11.6 Å². The van der Waals surface area contributed by atoms with E-state index < -0.39 is 31.1 Å². The number of benzene rings is 1. The summed E-state index contributed by atoms with van der Waals surface area (Å²) in [5, 5.41) is 40.6. The number of hydrogen-bond acceptors (Lipinski definition) is 10. The minimum absolute atomic E-state index is 0.160. The van der Waals surface area contributed by atoms with E-state index in [1.165, 1.54) is 22.0 Å². The Morgan fingerprint density at radius 2 is 2.03 bits per heavy atom. The first kappa shape index (κ1) is 23.1. The van der Waals surface area contributed by atoms with E-state index in [0.29, 0.717) is 34.1 Å². The van der Waals surface area contributed by atoms with Gasteiger partial charge in [-0.25, -0.2) is 15.0 Å². The number of nitrogens with zero attached hydrogens (tertiary/aromatic N) is 6. The van der Waals surface area contributed by atoms with Crippen LogP contribution in [0, 0.1) is 0 Å². The summed E-state index contributed by atoms with van der Waals surface area (Å²) in [5.74, 6) is 0.529. The number of carbonyl (C=O) groups is 1. The second kappa shape index (κ2) is 9.20. The lowest BCUT2D eigenvalue weighted by Gasteiger charge is -2.18. The van der Waals surface area contributed by atoms with Crippen LogP contribution in [0.1, 0.15) is 6.23 Å². The average Bonchev–Trinajstić information content (AvgIpc) is 3.59. The lowest BCUT2D eigenvalue weighted by atomic mass is 10.1. The molecular formula is C21H21ClN8O5. The highest BCUT2D eigenvalue weighted by molar-refractivity contribution is 6.30. The molecule has 0 aliphatic carbocycles. The van der Waals surface area contributed by atoms with Gasteiger partial charge in [0.05, 0.1) is 18.6 Å². The van der Waals surface area contributed by atoms with Crippen LogP contribution in [0.3, 0.4) is 0 Å². The summed E-state index contributed by atoms with van der Waals surface area (Å²) in [6.07, 6.45) is -1.04. The Morgan fingerprint density at radius 3 is 2.69 bits per heavy atom. The van der Waals surface area contributed by atoms with E-state index in [4.69, 9.17) is 16.3 Å². The molecule has 0 spiro atoms. The number of rotatable bonds is 7. The maximum absolute atomic E-state index is 12.0. The van der Waals surface area contributed by atoms with Gasteiger partial charge in [0.15, 0.2) is 34.7 Å². The zero-order valence-corrected chi connectivity index (χ0v) is 19.0. The van der Waals surface area contributed by atoms with E-state index in [-0.39, 0.29) is 17.2 Å². The predicted octanol–water partition coefficient (Wildman–Crippen LogP) is 0.817. The van der Waals surface area contributed by atoms with Crippen LogP contribution in [0.2, 0.25) is 5.02 Å². The highest BCUT2D eigenvalue weighted by atomic mass is 35.5. The minimum Gasteiger partial charge on any atom is -0.394 e. The number of H-pyrrole nitrogens is 1. The Morgan fingerprint density at radius 1 is 1.26 bits per heavy atom. The highest BCUT2D eigenvalue weighted by Crippen LogP contribution is 2.35. The fraction of sp³-hybridized carbons (Fsp3) is 0.286. The summed E-state index contributed by atoms with van der Waals surface area (Å²) in [4.78, 5) is 26.8. The summed E-state index contributed by atoms with van der Waals surface area (Å²) >= 11 is 5.98. The normalized spacial score (nSPS) is 22.0. The second-order valence-electron chi connectivity index (χ2n) is 7.77. The third-order valence-electron chi connectivity index (χ3n) is 5.75. The number of aliphatic hydroxyl groups is 3. The molecule has 13 nitrogen and oxygen atoms in total. The fourth-order valence-electron chi connectivity index (χ4n) is 3.98. The van der Waals surface area contributed by atoms with Gasteiger partial charge in [0.25, 0.3) is 0 Å². The van der Waals surface area contributed by atoms with Crippen molar-refractivity contribution in [2.24, 2.45) is 0 Å². The van der Waals surface area contributed by atoms with Crippen LogP contribution in [0.4, 0.5) is 17.2 Å². The number of nitrogens with one attached hydrogen (secondary N) is 2. The number of fused-ring (bicyclic) bond motifs is 1. The van der Waals surface area contributed by atoms with Crippen molar-refractivity contribution in [3.05, 3.63) is 41.8 Å². The van der Waals surface area contributed by atoms with Crippen LogP contribution in [-0.4, -0.2) is 83.4 Å². The van der Waals surface area contributed by atoms with Crippen molar-refractivity contribution in [1.29, 1.82) is 0 Å². The summed E-state index contributed by atoms with van der Waals surface area (Å²) in [6, 6.07) is 6.70. The average molecular weight is 501 g/mol. The number of amides is 1. The van der Waals surface area contributed by atoms with E-state index in [9.17, 15) is 20.1 Å². The van der Waals surface area contributed by atoms with Gasteiger partial charge in [-0.15, -0.1) is 0 Å². The highest BCUT2D eigenvalue weighted by Gasteiger charge is 2.44. The number of anilines is 3. The molecule has 4 atom stereocenters. The Bertz CT molecular complexity index is 1360. The van der Waals surface area contributed by atoms with Gasteiger partial charge in [0.2, 0.25) is 6.41 Å². The Kier molecular flexibility index (Phi) is 6.08. The summed E-state index contributed by atoms with van der Waals surface area (Å²) in [6.45, 7) is -0.466. The maximum atomic E-state index is 12.0. The van der Waals surface area contributed by atoms with Crippen LogP contribution in [0.5, 0.6) is 0 Å². The lowest BCUT2D eigenvalue weighted by molar-refractivity contribution is -0.106. The van der Waals surface area contributed by atoms with Gasteiger partial charge in [-0.3, -0.25) is 19.4 Å². The molecule has 0 saturated carbocycles. The number of imidazole rings is 1. The molecule has 0 bridgehead atoms. The predicted molar refractivity (Wildman–Crippen MR) is 125 cm³/mol. The van der Waals surface area contributed by atoms with Gasteiger partial charge in [0, 0.05) is 24.0 Å². The summed E-state index contributed by atoms with van der Waals surface area (Å²) in [5.41, 5.74) is 1.89. The first-order valence-corrected chi connectivity index (χ1v) is 10.9. The van der Waals surface area contributed by atoms with E-state index in [1.807, 2.05) is 0 Å². The molecule has 1 aromatic carbocycles. The van der Waals surface area contributed by atoms with E-state index in [0.717, 1.165) is 0 Å². The van der Waals surface area contributed by atoms with Crippen LogP contribution < -0.4 is 10.2 Å². The largest absolute Gasteiger partial charge is 0.394 e. The first-order valence-electron chi connectivity index (χ1n) is 10.6. The molecule has 1 fully saturated rings. The molecule has 35 heavy (non-hydrogen) atoms. The number of halogens is 1. The smallest absolute Gasteiger partial charge is 0.218 e. The van der Waals surface area contributed by atoms with Gasteiger partial charge < -0.3 is 25.4 Å². The number of carbonyl (C=O) groups excluding carboxylic acids is 1. The van der Waals surface area contributed by atoms with Crippen molar-refractivity contribution in [3.8, 4) is 11.5 Å². The molecule has 14 heteroatoms. The monoisotopic (exact) mass is 500 g/mol. The van der Waals surface area contributed by atoms with Crippen LogP contribution in [-0.2, 0) is 9.53 Å². The fourth-order valence-corrected chi connectivity index (χ4v) is 4.11. The van der Waals surface area contributed by atoms with Crippen LogP contribution in [0.25, 0.3) is 22.7 Å². The molecular weight excluding hydrogens is 480 g/mol. The molecule has 0 radical (unpaired) electrons. The molecule has 4 aromatic rings. The van der Waals surface area contributed by atoms with Crippen molar-refractivity contribution in [2.45, 2.75) is 24.5 Å². The third kappa shape index (κ3) is 3.88. The molecule has 1 amide bonds. The third-order valence-corrected chi connectivity index (χ3v) is 6.00. The van der Waals surface area contributed by atoms with Gasteiger partial charge in [-0.2, -0.15) is 5.10 Å². The second-order valence-corrected chi connectivity index (χ2v) is 8.21. The van der Waals surface area contributed by atoms with Crippen molar-refractivity contribution >= 4 is 46.4 Å². The number of aromatic nitrogens is 6. The maximum Gasteiger partial charge on any atom is 0.218 e. The van der Waals surface area contributed by atoms with E-state index in [2.05, 4.69) is 30.5 Å². The number of ether oxygens (including phenoxy) is 1.